The number of carboxylic acids is 1. The molecule has 0 bridgehead atoms. The van der Waals surface area contributed by atoms with Crippen LogP contribution in [0, 0.1) is 0 Å². The van der Waals surface area contributed by atoms with Crippen molar-refractivity contribution in [3.05, 3.63) is 148 Å². The molecule has 1 aliphatic carbocycles. The van der Waals surface area contributed by atoms with Crippen molar-refractivity contribution >= 4 is 70.1 Å². The Bertz CT molecular complexity index is 2370. The van der Waals surface area contributed by atoms with Gasteiger partial charge in [-0.15, -0.1) is 23.2 Å². The lowest BCUT2D eigenvalue weighted by Gasteiger charge is -2.25. The molecular weight excluding hydrogens is 914 g/mol. The minimum absolute atomic E-state index is 0.110. The van der Waals surface area contributed by atoms with Crippen LogP contribution in [0.3, 0.4) is 0 Å². The fraction of sp³-hybridized carbons (Fsp3) is 0.333. The molecular formula is C51H54Cl4O10. The van der Waals surface area contributed by atoms with Gasteiger partial charge in [0.15, 0.2) is 22.6 Å². The number of carboxylic acid groups (broad SMARTS) is 1. The summed E-state index contributed by atoms with van der Waals surface area (Å²) in [7, 11) is 0. The predicted molar refractivity (Wildman–Crippen MR) is 256 cm³/mol. The molecule has 10 nitrogen and oxygen atoms in total. The SMILES string of the molecule is CC(C)(Oc1ccc(C2CC2(Cl)Cl)cc1)C(=O)O.CC(C)OC(=O)C(C)(C)Oc1ccc(C(=O)c2ccc(Cl)cc2)cc1.CCOC(=O)C(C)(C)Oc1ccc(-c2ccc(Cl)cc2)cc1. The normalized spacial score (nSPS) is 14.0. The van der Waals surface area contributed by atoms with Crippen LogP contribution in [0.25, 0.3) is 11.1 Å². The van der Waals surface area contributed by atoms with Crippen LogP contribution in [-0.4, -0.2) is 62.6 Å². The Hall–Kier alpha value is -5.26. The first-order valence-corrected chi connectivity index (χ1v) is 22.3. The summed E-state index contributed by atoms with van der Waals surface area (Å²) in [6, 6.07) is 35.8. The van der Waals surface area contributed by atoms with E-state index in [1.165, 1.54) is 13.8 Å². The van der Waals surface area contributed by atoms with Gasteiger partial charge in [0.25, 0.3) is 0 Å². The third-order valence-electron chi connectivity index (χ3n) is 9.60. The number of carbonyl (C=O) groups excluding carboxylic acids is 3. The quantitative estimate of drug-likeness (QED) is 0.0614. The van der Waals surface area contributed by atoms with Gasteiger partial charge in [-0.1, -0.05) is 59.6 Å². The maximum atomic E-state index is 12.4. The second-order valence-corrected chi connectivity index (χ2v) is 19.2. The third kappa shape index (κ3) is 15.7. The number of ketones is 1. The van der Waals surface area contributed by atoms with E-state index in [-0.39, 0.29) is 23.8 Å². The fourth-order valence-corrected chi connectivity index (χ4v) is 6.63. The van der Waals surface area contributed by atoms with Crippen LogP contribution in [0.15, 0.2) is 121 Å². The summed E-state index contributed by atoms with van der Waals surface area (Å²) in [5.74, 6) is -0.158. The van der Waals surface area contributed by atoms with Crippen LogP contribution in [0.4, 0.5) is 0 Å². The first-order chi connectivity index (χ1) is 30.3. The van der Waals surface area contributed by atoms with Crippen molar-refractivity contribution in [3.8, 4) is 28.4 Å². The molecule has 0 spiro atoms. The Morgan fingerprint density at radius 3 is 1.35 bits per heavy atom. The molecule has 1 fully saturated rings. The highest BCUT2D eigenvalue weighted by Gasteiger charge is 2.52. The van der Waals surface area contributed by atoms with E-state index in [0.29, 0.717) is 45.0 Å². The molecule has 1 aliphatic rings. The molecule has 5 aromatic rings. The van der Waals surface area contributed by atoms with Crippen molar-refractivity contribution < 1.29 is 48.0 Å². The van der Waals surface area contributed by atoms with E-state index in [1.54, 1.807) is 109 Å². The number of hydrogen-bond acceptors (Lipinski definition) is 9. The maximum absolute atomic E-state index is 12.4. The number of aliphatic carboxylic acids is 1. The summed E-state index contributed by atoms with van der Waals surface area (Å²) in [5, 5.41) is 10.3. The van der Waals surface area contributed by atoms with Crippen LogP contribution in [0.2, 0.25) is 10.0 Å². The van der Waals surface area contributed by atoms with Gasteiger partial charge in [-0.2, -0.15) is 0 Å². The Kier molecular flexibility index (Phi) is 18.0. The second kappa shape index (κ2) is 22.3. The Morgan fingerprint density at radius 2 is 0.954 bits per heavy atom. The molecule has 0 aromatic heterocycles. The van der Waals surface area contributed by atoms with E-state index >= 15 is 0 Å². The zero-order chi connectivity index (χ0) is 48.3. The second-order valence-electron chi connectivity index (χ2n) is 16.8. The molecule has 65 heavy (non-hydrogen) atoms. The van der Waals surface area contributed by atoms with Crippen molar-refractivity contribution in [1.82, 2.24) is 0 Å². The van der Waals surface area contributed by atoms with Gasteiger partial charge >= 0.3 is 17.9 Å². The molecule has 0 heterocycles. The van der Waals surface area contributed by atoms with Crippen LogP contribution in [0.5, 0.6) is 17.2 Å². The van der Waals surface area contributed by atoms with Gasteiger partial charge in [0.2, 0.25) is 0 Å². The Balaban J connectivity index is 0.000000216. The highest BCUT2D eigenvalue weighted by Crippen LogP contribution is 2.59. The van der Waals surface area contributed by atoms with Gasteiger partial charge in [0, 0.05) is 27.1 Å². The van der Waals surface area contributed by atoms with E-state index in [9.17, 15) is 19.2 Å². The van der Waals surface area contributed by atoms with Gasteiger partial charge in [0.05, 0.1) is 12.7 Å². The highest BCUT2D eigenvalue weighted by molar-refractivity contribution is 6.51. The molecule has 0 saturated heterocycles. The molecule has 0 aliphatic heterocycles. The van der Waals surface area contributed by atoms with E-state index in [0.717, 1.165) is 23.1 Å². The highest BCUT2D eigenvalue weighted by atomic mass is 35.5. The van der Waals surface area contributed by atoms with Crippen molar-refractivity contribution in [3.63, 3.8) is 0 Å². The predicted octanol–water partition coefficient (Wildman–Crippen LogP) is 13.0. The van der Waals surface area contributed by atoms with Crippen molar-refractivity contribution in [2.45, 2.75) is 102 Å². The molecule has 5 aromatic carbocycles. The monoisotopic (exact) mass is 966 g/mol. The summed E-state index contributed by atoms with van der Waals surface area (Å²) in [5.41, 5.74) is 0.864. The van der Waals surface area contributed by atoms with Crippen LogP contribution in [0.1, 0.15) is 96.1 Å². The summed E-state index contributed by atoms with van der Waals surface area (Å²) in [6.07, 6.45) is 0.534. The van der Waals surface area contributed by atoms with Crippen LogP contribution < -0.4 is 14.2 Å². The first-order valence-electron chi connectivity index (χ1n) is 20.8. The maximum Gasteiger partial charge on any atom is 0.350 e. The van der Waals surface area contributed by atoms with E-state index in [2.05, 4.69) is 0 Å². The van der Waals surface area contributed by atoms with E-state index < -0.39 is 33.1 Å². The van der Waals surface area contributed by atoms with Crippen molar-refractivity contribution in [2.24, 2.45) is 0 Å². The summed E-state index contributed by atoms with van der Waals surface area (Å²) in [6.45, 7) is 15.4. The number of esters is 2. The molecule has 1 unspecified atom stereocenters. The first kappa shape index (κ1) is 52.4. The number of carbonyl (C=O) groups is 4. The molecule has 1 atom stereocenters. The Labute approximate surface area is 401 Å². The molecule has 1 saturated carbocycles. The topological polar surface area (TPSA) is 135 Å². The minimum atomic E-state index is -1.25. The smallest absolute Gasteiger partial charge is 0.350 e. The molecule has 14 heteroatoms. The van der Waals surface area contributed by atoms with Crippen LogP contribution in [-0.2, 0) is 23.9 Å². The van der Waals surface area contributed by atoms with Crippen molar-refractivity contribution in [2.75, 3.05) is 6.61 Å². The zero-order valence-electron chi connectivity index (χ0n) is 37.7. The van der Waals surface area contributed by atoms with Crippen molar-refractivity contribution in [1.29, 1.82) is 0 Å². The average molecular weight is 969 g/mol. The zero-order valence-corrected chi connectivity index (χ0v) is 40.8. The number of rotatable bonds is 15. The lowest BCUT2D eigenvalue weighted by Crippen LogP contribution is -2.40. The largest absolute Gasteiger partial charge is 0.478 e. The van der Waals surface area contributed by atoms with E-state index in [4.69, 9.17) is 75.2 Å². The average Bonchev–Trinajstić information content (AvgIpc) is 3.89. The fourth-order valence-electron chi connectivity index (χ4n) is 5.81. The molecule has 346 valence electrons. The van der Waals surface area contributed by atoms with Gasteiger partial charge < -0.3 is 28.8 Å². The standard InChI is InChI=1S/C20H21ClO4.C18H19ClO3.C13H14Cl2O3/c1-13(2)24-19(23)20(3,4)25-17-11-7-15(8-12-17)18(22)14-5-9-16(21)10-6-14;1-4-21-17(20)18(2,3)22-16-11-7-14(8-12-16)13-5-9-15(19)10-6-13;1-12(2,11(16)17)18-9-5-3-8(4-6-9)10-7-13(10,14)15/h5-13H,1-4H3;5-12H,4H2,1-3H3;3-6,10H,7H2,1-2H3,(H,16,17). The van der Waals surface area contributed by atoms with Gasteiger partial charge in [-0.05, 0) is 170 Å². The number of halogens is 4. The summed E-state index contributed by atoms with van der Waals surface area (Å²) < 4.78 is 26.4. The number of ether oxygens (including phenoxy) is 5. The molecule has 1 N–H and O–H groups in total. The number of hydrogen-bond donors (Lipinski definition) is 1. The molecule has 6 rings (SSSR count). The lowest BCUT2D eigenvalue weighted by atomic mass is 10.0. The molecule has 0 radical (unpaired) electrons. The summed E-state index contributed by atoms with van der Waals surface area (Å²) in [4.78, 5) is 47.2. The Morgan fingerprint density at radius 1 is 0.600 bits per heavy atom. The van der Waals surface area contributed by atoms with E-state index in [1.807, 2.05) is 60.7 Å². The minimum Gasteiger partial charge on any atom is -0.478 e. The van der Waals surface area contributed by atoms with Gasteiger partial charge in [0.1, 0.15) is 21.6 Å². The number of alkyl halides is 2. The van der Waals surface area contributed by atoms with Gasteiger partial charge in [-0.25, -0.2) is 14.4 Å². The molecule has 0 amide bonds. The lowest BCUT2D eigenvalue weighted by molar-refractivity contribution is -0.163. The summed E-state index contributed by atoms with van der Waals surface area (Å²) >= 11 is 23.7. The van der Waals surface area contributed by atoms with Crippen LogP contribution >= 0.6 is 46.4 Å². The third-order valence-corrected chi connectivity index (χ3v) is 10.9. The number of benzene rings is 5. The van der Waals surface area contributed by atoms with Gasteiger partial charge in [-0.3, -0.25) is 4.79 Å².